The lowest BCUT2D eigenvalue weighted by atomic mass is 10.4. The molecule has 0 aromatic carbocycles. The number of carbonyl (C=O) groups is 1. The van der Waals surface area contributed by atoms with Gasteiger partial charge in [0.2, 0.25) is 0 Å². The van der Waals surface area contributed by atoms with Gasteiger partial charge in [-0.3, -0.25) is 18.7 Å². The van der Waals surface area contributed by atoms with E-state index in [9.17, 15) is 14.4 Å². The summed E-state index contributed by atoms with van der Waals surface area (Å²) in [5, 5.41) is 0. The Kier molecular flexibility index (Phi) is 2.27. The van der Waals surface area contributed by atoms with E-state index in [0.29, 0.717) is 0 Å². The van der Waals surface area contributed by atoms with E-state index in [1.54, 1.807) is 0 Å². The lowest BCUT2D eigenvalue weighted by molar-refractivity contribution is 0.0995. The van der Waals surface area contributed by atoms with Crippen molar-refractivity contribution in [3.63, 3.8) is 0 Å². The van der Waals surface area contributed by atoms with Crippen LogP contribution in [0.2, 0.25) is 0 Å². The third-order valence-corrected chi connectivity index (χ3v) is 2.40. The van der Waals surface area contributed by atoms with Crippen molar-refractivity contribution in [3.8, 4) is 0 Å². The van der Waals surface area contributed by atoms with Crippen LogP contribution in [0.5, 0.6) is 0 Å². The van der Waals surface area contributed by atoms with Crippen molar-refractivity contribution in [2.24, 2.45) is 19.8 Å². The second-order valence-electron chi connectivity index (χ2n) is 3.50. The highest BCUT2D eigenvalue weighted by atomic mass is 16.2. The molecule has 0 fully saturated rings. The van der Waals surface area contributed by atoms with E-state index < -0.39 is 17.2 Å². The molecule has 2 rings (SSSR count). The average molecular weight is 235 g/mol. The number of hydrogen-bond acceptors (Lipinski definition) is 5. The molecule has 2 aromatic rings. The number of aromatic nitrogens is 4. The molecule has 0 spiro atoms. The van der Waals surface area contributed by atoms with E-state index in [1.807, 2.05) is 0 Å². The summed E-state index contributed by atoms with van der Waals surface area (Å²) in [4.78, 5) is 42.0. The predicted octanol–water partition coefficient (Wildman–Crippen LogP) is -1.87. The van der Waals surface area contributed by atoms with Crippen LogP contribution in [0.4, 0.5) is 0 Å². The zero-order valence-electron chi connectivity index (χ0n) is 9.17. The molecule has 2 N–H and O–H groups in total. The molecule has 2 aromatic heterocycles. The first-order valence-electron chi connectivity index (χ1n) is 4.66. The topological polar surface area (TPSA) is 113 Å². The van der Waals surface area contributed by atoms with E-state index in [-0.39, 0.29) is 16.9 Å². The Bertz CT molecular complexity index is 743. The second-order valence-corrected chi connectivity index (χ2v) is 3.50. The summed E-state index contributed by atoms with van der Waals surface area (Å²) in [6, 6.07) is 0. The summed E-state index contributed by atoms with van der Waals surface area (Å²) in [5.41, 5.74) is 3.85. The molecule has 0 aliphatic heterocycles. The number of primary amides is 1. The Labute approximate surface area is 94.3 Å². The Morgan fingerprint density at radius 3 is 2.53 bits per heavy atom. The van der Waals surface area contributed by atoms with Crippen LogP contribution in [-0.2, 0) is 14.1 Å². The summed E-state index contributed by atoms with van der Waals surface area (Å²) in [6.07, 6.45) is 1.13. The Balaban J connectivity index is 3.02. The van der Waals surface area contributed by atoms with E-state index in [0.717, 1.165) is 10.8 Å². The molecule has 0 saturated heterocycles. The van der Waals surface area contributed by atoms with Crippen LogP contribution in [0.1, 0.15) is 10.5 Å². The van der Waals surface area contributed by atoms with Gasteiger partial charge >= 0.3 is 5.69 Å². The maximum atomic E-state index is 11.8. The molecule has 0 aliphatic rings. The van der Waals surface area contributed by atoms with Crippen LogP contribution < -0.4 is 17.0 Å². The number of carbonyl (C=O) groups excluding carboxylic acids is 1. The minimum absolute atomic E-state index is 0.0640. The highest BCUT2D eigenvalue weighted by Gasteiger charge is 2.13. The quantitative estimate of drug-likeness (QED) is 0.621. The Hall–Kier alpha value is -2.51. The molecular formula is C9H9N5O3. The van der Waals surface area contributed by atoms with Gasteiger partial charge in [-0.2, -0.15) is 0 Å². The van der Waals surface area contributed by atoms with Crippen molar-refractivity contribution in [1.82, 2.24) is 19.1 Å². The van der Waals surface area contributed by atoms with Gasteiger partial charge < -0.3 is 5.73 Å². The van der Waals surface area contributed by atoms with Gasteiger partial charge in [0.25, 0.3) is 11.5 Å². The first-order valence-corrected chi connectivity index (χ1v) is 4.66. The number of nitrogens with zero attached hydrogens (tertiary/aromatic N) is 4. The smallest absolute Gasteiger partial charge is 0.332 e. The largest absolute Gasteiger partial charge is 0.364 e. The van der Waals surface area contributed by atoms with Gasteiger partial charge in [0.15, 0.2) is 11.2 Å². The van der Waals surface area contributed by atoms with Crippen molar-refractivity contribution in [3.05, 3.63) is 32.7 Å². The number of amides is 1. The van der Waals surface area contributed by atoms with E-state index >= 15 is 0 Å². The van der Waals surface area contributed by atoms with Gasteiger partial charge in [-0.1, -0.05) is 0 Å². The first kappa shape index (κ1) is 11.0. The summed E-state index contributed by atoms with van der Waals surface area (Å²) in [6.45, 7) is 0. The van der Waals surface area contributed by atoms with Gasteiger partial charge in [0.05, 0.1) is 6.20 Å². The molecule has 0 saturated carbocycles. The van der Waals surface area contributed by atoms with Gasteiger partial charge in [-0.25, -0.2) is 14.8 Å². The summed E-state index contributed by atoms with van der Waals surface area (Å²) in [7, 11) is 2.78. The van der Waals surface area contributed by atoms with Crippen molar-refractivity contribution in [2.75, 3.05) is 0 Å². The Morgan fingerprint density at radius 1 is 1.29 bits per heavy atom. The molecular weight excluding hydrogens is 226 g/mol. The fraction of sp³-hybridized carbons (Fsp3) is 0.222. The molecule has 88 valence electrons. The van der Waals surface area contributed by atoms with E-state index in [2.05, 4.69) is 9.97 Å². The zero-order chi connectivity index (χ0) is 12.7. The lowest BCUT2D eigenvalue weighted by Gasteiger charge is -2.05. The number of nitrogens with two attached hydrogens (primary N) is 1. The molecule has 1 amide bonds. The normalized spacial score (nSPS) is 10.7. The molecule has 0 radical (unpaired) electrons. The maximum Gasteiger partial charge on any atom is 0.332 e. The fourth-order valence-electron chi connectivity index (χ4n) is 1.45. The molecule has 8 heteroatoms. The average Bonchev–Trinajstić information content (AvgIpc) is 2.32. The Morgan fingerprint density at radius 2 is 1.94 bits per heavy atom. The highest BCUT2D eigenvalue weighted by molar-refractivity contribution is 5.91. The maximum absolute atomic E-state index is 11.8. The van der Waals surface area contributed by atoms with Gasteiger partial charge in [0.1, 0.15) is 5.69 Å². The first-order chi connectivity index (χ1) is 7.93. The molecule has 0 unspecified atom stereocenters. The number of fused-ring (bicyclic) bond motifs is 1. The van der Waals surface area contributed by atoms with Gasteiger partial charge in [-0.05, 0) is 0 Å². The SMILES string of the molecule is Cn1c(=O)c2nc(C(N)=O)cnc2n(C)c1=O. The third-order valence-electron chi connectivity index (χ3n) is 2.40. The van der Waals surface area contributed by atoms with Crippen molar-refractivity contribution in [1.29, 1.82) is 0 Å². The highest BCUT2D eigenvalue weighted by Crippen LogP contribution is 2.01. The number of hydrogen-bond donors (Lipinski definition) is 1. The summed E-state index contributed by atoms with van der Waals surface area (Å²) in [5.74, 6) is -0.782. The van der Waals surface area contributed by atoms with Crippen LogP contribution in [-0.4, -0.2) is 25.0 Å². The van der Waals surface area contributed by atoms with Gasteiger partial charge in [0, 0.05) is 14.1 Å². The standard InChI is InChI=1S/C9H9N5O3/c1-13-7-5(8(16)14(2)9(13)17)12-4(3-11-7)6(10)15/h3H,1-2H3,(H2,10,15). The minimum atomic E-state index is -0.782. The van der Waals surface area contributed by atoms with Crippen LogP contribution in [0.15, 0.2) is 15.8 Å². The molecule has 0 atom stereocenters. The van der Waals surface area contributed by atoms with Crippen LogP contribution >= 0.6 is 0 Å². The van der Waals surface area contributed by atoms with Crippen LogP contribution in [0.25, 0.3) is 11.2 Å². The van der Waals surface area contributed by atoms with E-state index in [4.69, 9.17) is 5.73 Å². The number of rotatable bonds is 1. The second kappa shape index (κ2) is 3.51. The minimum Gasteiger partial charge on any atom is -0.364 e. The van der Waals surface area contributed by atoms with Crippen molar-refractivity contribution in [2.45, 2.75) is 0 Å². The van der Waals surface area contributed by atoms with Crippen molar-refractivity contribution < 1.29 is 4.79 Å². The summed E-state index contributed by atoms with van der Waals surface area (Å²) >= 11 is 0. The molecule has 17 heavy (non-hydrogen) atoms. The fourth-order valence-corrected chi connectivity index (χ4v) is 1.45. The van der Waals surface area contributed by atoms with Crippen LogP contribution in [0.3, 0.4) is 0 Å². The molecule has 0 bridgehead atoms. The third kappa shape index (κ3) is 1.50. The monoisotopic (exact) mass is 235 g/mol. The van der Waals surface area contributed by atoms with Gasteiger partial charge in [-0.15, -0.1) is 0 Å². The van der Waals surface area contributed by atoms with Crippen LogP contribution in [0, 0.1) is 0 Å². The molecule has 2 heterocycles. The predicted molar refractivity (Wildman–Crippen MR) is 58.5 cm³/mol. The number of aryl methyl sites for hydroxylation is 1. The van der Waals surface area contributed by atoms with Crippen molar-refractivity contribution >= 4 is 17.1 Å². The lowest BCUT2D eigenvalue weighted by Crippen LogP contribution is -2.38. The summed E-state index contributed by atoms with van der Waals surface area (Å²) < 4.78 is 2.07. The molecule has 0 aliphatic carbocycles. The van der Waals surface area contributed by atoms with E-state index in [1.165, 1.54) is 18.7 Å². The molecule has 8 nitrogen and oxygen atoms in total. The zero-order valence-corrected chi connectivity index (χ0v) is 9.17.